The van der Waals surface area contributed by atoms with E-state index in [4.69, 9.17) is 8.00 Å². The van der Waals surface area contributed by atoms with E-state index in [1.807, 2.05) is 94.6 Å². The predicted octanol–water partition coefficient (Wildman–Crippen LogP) is 13.2. The Morgan fingerprint density at radius 3 is 2.12 bits per heavy atom. The molecule has 0 amide bonds. The quantitative estimate of drug-likeness (QED) is 0.0711. The number of benzene rings is 5. The van der Waals surface area contributed by atoms with Crippen molar-refractivity contribution in [1.29, 1.82) is 0 Å². The molecule has 8 aromatic rings. The Bertz CT molecular complexity index is 2790. The van der Waals surface area contributed by atoms with E-state index in [2.05, 4.69) is 101 Å². The fourth-order valence-electron chi connectivity index (χ4n) is 7.05. The van der Waals surface area contributed by atoms with Gasteiger partial charge in [-0.2, -0.15) is 11.3 Å². The van der Waals surface area contributed by atoms with Crippen LogP contribution < -0.4 is 5.19 Å². The largest absolute Gasteiger partial charge is 0.333 e. The molecule has 8 heteroatoms. The van der Waals surface area contributed by atoms with E-state index in [9.17, 15) is 4.79 Å². The van der Waals surface area contributed by atoms with Gasteiger partial charge in [-0.1, -0.05) is 154 Å². The third-order valence-corrected chi connectivity index (χ3v) is 13.2. The number of thiophene rings is 1. The number of aromatic nitrogens is 2. The predicted molar refractivity (Wildman–Crippen MR) is 240 cm³/mol. The van der Waals surface area contributed by atoms with Crippen LogP contribution in [0.1, 0.15) is 63.7 Å². The third-order valence-electron chi connectivity index (χ3n) is 10.0. The Morgan fingerprint density at radius 1 is 0.793 bits per heavy atom. The minimum Gasteiger partial charge on any atom is -0.306 e. The number of hydrogen-bond acceptors (Lipinski definition) is 6. The van der Waals surface area contributed by atoms with Gasteiger partial charge in [0.2, 0.25) is 0 Å². The molecule has 1 radical (unpaired) electrons. The zero-order valence-corrected chi connectivity index (χ0v) is 37.8. The number of fused-ring (bicyclic) bond motifs is 3. The summed E-state index contributed by atoms with van der Waals surface area (Å²) in [6.07, 6.45) is 3.69. The summed E-state index contributed by atoms with van der Waals surface area (Å²) in [4.78, 5) is 25.3. The molecular weight excluding hydrogens is 929 g/mol. The van der Waals surface area contributed by atoms with Crippen molar-refractivity contribution in [2.75, 3.05) is 0 Å². The van der Waals surface area contributed by atoms with Gasteiger partial charge in [0.15, 0.2) is 0 Å². The number of hydrogen-bond donors (Lipinski definition) is 1. The monoisotopic (exact) mass is 977 g/mol. The maximum absolute atomic E-state index is 12.1. The molecule has 0 aliphatic carbocycles. The van der Waals surface area contributed by atoms with E-state index in [1.165, 1.54) is 37.4 Å². The molecular formula is C50H46IrN2O3SSi-2. The van der Waals surface area contributed by atoms with Gasteiger partial charge >= 0.3 is 5.97 Å². The van der Waals surface area contributed by atoms with Gasteiger partial charge in [-0.3, -0.25) is 4.79 Å². The van der Waals surface area contributed by atoms with Crippen LogP contribution in [0.15, 0.2) is 134 Å². The first-order chi connectivity index (χ1) is 28.0. The van der Waals surface area contributed by atoms with Crippen LogP contribution in [0, 0.1) is 12.1 Å². The van der Waals surface area contributed by atoms with Crippen LogP contribution in [0.2, 0.25) is 19.6 Å². The smallest absolute Gasteiger partial charge is 0.306 e. The summed E-state index contributed by atoms with van der Waals surface area (Å²) in [5.74, 6) is -2.27. The van der Waals surface area contributed by atoms with Gasteiger partial charge in [0.25, 0.3) is 0 Å². The Labute approximate surface area is 362 Å². The molecule has 5 nitrogen and oxygen atoms in total. The third kappa shape index (κ3) is 8.97. The van der Waals surface area contributed by atoms with E-state index >= 15 is 0 Å². The first-order valence-electron chi connectivity index (χ1n) is 19.9. The molecule has 0 aliphatic heterocycles. The van der Waals surface area contributed by atoms with Crippen LogP contribution in [0.5, 0.6) is 0 Å². The van der Waals surface area contributed by atoms with E-state index < -0.39 is 25.8 Å². The van der Waals surface area contributed by atoms with Gasteiger partial charge < -0.3 is 14.9 Å². The summed E-state index contributed by atoms with van der Waals surface area (Å²) in [5.41, 5.74) is 9.31. The summed E-state index contributed by atoms with van der Waals surface area (Å²) in [6.45, 7) is 14.3. The Balaban J connectivity index is 0.000000198. The minimum atomic E-state index is -1.69. The van der Waals surface area contributed by atoms with Crippen molar-refractivity contribution in [3.05, 3.63) is 163 Å². The molecule has 1 N–H and O–H groups in total. The van der Waals surface area contributed by atoms with Crippen molar-refractivity contribution < 1.29 is 37.8 Å². The molecule has 0 bridgehead atoms. The van der Waals surface area contributed by atoms with Crippen molar-refractivity contribution in [2.24, 2.45) is 0 Å². The Kier molecular flexibility index (Phi) is 12.5. The number of carbonyl (C=O) groups excluding carboxylic acids is 1. The zero-order valence-electron chi connectivity index (χ0n) is 35.6. The average Bonchev–Trinajstić information content (AvgIpc) is 3.62. The fourth-order valence-corrected chi connectivity index (χ4v) is 9.86. The van der Waals surface area contributed by atoms with Crippen LogP contribution in [-0.2, 0) is 25.0 Å². The summed E-state index contributed by atoms with van der Waals surface area (Å²) < 4.78 is 19.5. The normalized spacial score (nSPS) is 12.2. The summed E-state index contributed by atoms with van der Waals surface area (Å²) in [7, 11) is -1.69. The van der Waals surface area contributed by atoms with E-state index in [0.717, 1.165) is 33.1 Å². The molecule has 3 heterocycles. The molecule has 295 valence electrons. The maximum Gasteiger partial charge on any atom is 0.333 e. The molecule has 58 heavy (non-hydrogen) atoms. The van der Waals surface area contributed by atoms with Gasteiger partial charge in [0, 0.05) is 39.9 Å². The number of pyridine rings is 2. The van der Waals surface area contributed by atoms with E-state index in [0.29, 0.717) is 16.8 Å². The van der Waals surface area contributed by atoms with Crippen LogP contribution in [0.3, 0.4) is 0 Å². The first-order valence-corrected chi connectivity index (χ1v) is 23.2. The van der Waals surface area contributed by atoms with Gasteiger partial charge in [-0.05, 0) is 72.8 Å². The number of rotatable bonds is 8. The topological polar surface area (TPSA) is 72.3 Å². The SMILES string of the molecule is [2H]C(C)(C)c1cc(-c2[c-]cc(C(=O)OO)c(-c3ccccc3)c2)ncc1[Si](C)(C)C.[2H]C(C)(C)c1ccnc(-c2[c-]ccc3c2sc2cccc(-c4ccccc4)c23)c1.[Ir]. The molecule has 0 saturated carbocycles. The minimum absolute atomic E-state index is 0. The van der Waals surface area contributed by atoms with Gasteiger partial charge in [-0.25, -0.2) is 5.26 Å². The molecule has 0 aliphatic rings. The molecule has 5 aromatic carbocycles. The molecule has 0 saturated heterocycles. The summed E-state index contributed by atoms with van der Waals surface area (Å²) in [5, 5.41) is 12.6. The maximum atomic E-state index is 12.1. The molecule has 0 spiro atoms. The van der Waals surface area contributed by atoms with Crippen molar-refractivity contribution in [2.45, 2.75) is 59.1 Å². The molecule has 0 fully saturated rings. The summed E-state index contributed by atoms with van der Waals surface area (Å²) in [6, 6.07) is 46.4. The van der Waals surface area contributed by atoms with Gasteiger partial charge in [0.05, 0.1) is 8.07 Å². The first kappa shape index (κ1) is 39.7. The average molecular weight is 977 g/mol. The van der Waals surface area contributed by atoms with Crippen molar-refractivity contribution in [1.82, 2.24) is 9.97 Å². The number of nitrogens with zero attached hydrogens (tertiary/aromatic N) is 2. The second-order valence-corrected chi connectivity index (χ2v) is 21.5. The second-order valence-electron chi connectivity index (χ2n) is 15.5. The van der Waals surface area contributed by atoms with E-state index in [1.54, 1.807) is 17.5 Å². The standard InChI is InChI=1S/C26H20NS.C24H26NO3Si.Ir/c1-17(2)19-14-15-27-23(16-19)21-11-6-12-22-25-20(18-8-4-3-5-9-18)10-7-13-24(25)28-26(21)22;1-16(2)20-14-22(25-15-23(20)29(3,4)5)18-11-12-19(24(26)28-27)21(13-18)17-9-7-6-8-10-17;/h3-10,12-17H,1-2H3;6-10,12-16,27H,1-5H3;/q2*-1;/i17D;16D;. The van der Waals surface area contributed by atoms with Crippen LogP contribution in [-0.4, -0.2) is 29.3 Å². The second kappa shape index (κ2) is 18.2. The fraction of sp³-hybridized carbons (Fsp3) is 0.180. The van der Waals surface area contributed by atoms with Crippen molar-refractivity contribution >= 4 is 50.7 Å². The van der Waals surface area contributed by atoms with Crippen molar-refractivity contribution in [3.63, 3.8) is 0 Å². The zero-order chi connectivity index (χ0) is 42.1. The van der Waals surface area contributed by atoms with Crippen molar-refractivity contribution in [3.8, 4) is 44.8 Å². The molecule has 3 aromatic heterocycles. The molecule has 8 rings (SSSR count). The Hall–Kier alpha value is -5.08. The Morgan fingerprint density at radius 2 is 1.48 bits per heavy atom. The van der Waals surface area contributed by atoms with Gasteiger partial charge in [-0.15, -0.1) is 47.5 Å². The van der Waals surface area contributed by atoms with Crippen LogP contribution in [0.25, 0.3) is 64.9 Å². The van der Waals surface area contributed by atoms with E-state index in [-0.39, 0.29) is 25.7 Å². The molecule has 0 unspecified atom stereocenters. The van der Waals surface area contributed by atoms with Crippen LogP contribution in [0.4, 0.5) is 0 Å². The number of carbonyl (C=O) groups is 1. The molecule has 0 atom stereocenters. The summed E-state index contributed by atoms with van der Waals surface area (Å²) >= 11 is 1.79. The van der Waals surface area contributed by atoms with Gasteiger partial charge in [0.1, 0.15) is 0 Å². The van der Waals surface area contributed by atoms with Crippen LogP contribution >= 0.6 is 11.3 Å².